The van der Waals surface area contributed by atoms with Gasteiger partial charge in [-0.05, 0) is 12.1 Å². The molecule has 1 radical (unpaired) electrons. The van der Waals surface area contributed by atoms with Crippen molar-refractivity contribution in [1.29, 1.82) is 0 Å². The van der Waals surface area contributed by atoms with Crippen LogP contribution < -0.4 is 11.3 Å². The topological polar surface area (TPSA) is 141 Å². The summed E-state index contributed by atoms with van der Waals surface area (Å²) in [6.07, 6.45) is 0. The molecule has 121 valence electrons. The van der Waals surface area contributed by atoms with Crippen LogP contribution in [0.4, 0.5) is 0 Å². The monoisotopic (exact) mass is 365 g/mol. The van der Waals surface area contributed by atoms with E-state index in [9.17, 15) is 30.0 Å². The van der Waals surface area contributed by atoms with Gasteiger partial charge >= 0.3 is 11.3 Å². The van der Waals surface area contributed by atoms with Crippen LogP contribution in [0.15, 0.2) is 30.6 Å². The molecule has 0 fully saturated rings. The number of benzene rings is 2. The molecule has 4 rings (SSSR count). The van der Waals surface area contributed by atoms with E-state index in [2.05, 4.69) is 0 Å². The van der Waals surface area contributed by atoms with Gasteiger partial charge in [-0.1, -0.05) is 0 Å². The van der Waals surface area contributed by atoms with Crippen LogP contribution in [0.5, 0.6) is 23.0 Å². The second kappa shape index (κ2) is 4.55. The molecule has 4 aromatic rings. The van der Waals surface area contributed by atoms with Gasteiger partial charge in [-0.15, -0.1) is 0 Å². The van der Waals surface area contributed by atoms with Gasteiger partial charge in [0.1, 0.15) is 0 Å². The van der Waals surface area contributed by atoms with Crippen molar-refractivity contribution in [2.75, 3.05) is 0 Å². The summed E-state index contributed by atoms with van der Waals surface area (Å²) in [5, 5.41) is 38.7. The molecule has 4 N–H and O–H groups in total. The zero-order valence-electron chi connectivity index (χ0n) is 10.9. The summed E-state index contributed by atoms with van der Waals surface area (Å²) in [5.41, 5.74) is -2.70. The first kappa shape index (κ1) is 15.0. The van der Waals surface area contributed by atoms with Crippen LogP contribution in [0.1, 0.15) is 0 Å². The van der Waals surface area contributed by atoms with E-state index in [-0.39, 0.29) is 38.6 Å². The molecular formula is C14H6CuO8. The Hall–Kier alpha value is -2.90. The molecule has 0 aliphatic heterocycles. The summed E-state index contributed by atoms with van der Waals surface area (Å²) in [6, 6.07) is 1.93. The van der Waals surface area contributed by atoms with Crippen molar-refractivity contribution >= 4 is 32.7 Å². The quantitative estimate of drug-likeness (QED) is 0.158. The number of hydrogen-bond acceptors (Lipinski definition) is 8. The van der Waals surface area contributed by atoms with Crippen molar-refractivity contribution < 1.29 is 46.3 Å². The summed E-state index contributed by atoms with van der Waals surface area (Å²) >= 11 is 0. The molecule has 0 aliphatic rings. The fourth-order valence-corrected chi connectivity index (χ4v) is 2.58. The van der Waals surface area contributed by atoms with Crippen LogP contribution in [0.3, 0.4) is 0 Å². The first-order valence-corrected chi connectivity index (χ1v) is 6.02. The maximum absolute atomic E-state index is 12.0. The van der Waals surface area contributed by atoms with Gasteiger partial charge in [0.25, 0.3) is 0 Å². The molecule has 0 spiro atoms. The maximum Gasteiger partial charge on any atom is 0.344 e. The van der Waals surface area contributed by atoms with Crippen LogP contribution in [-0.4, -0.2) is 20.4 Å². The number of phenols is 4. The van der Waals surface area contributed by atoms with Gasteiger partial charge in [-0.3, -0.25) is 0 Å². The van der Waals surface area contributed by atoms with Gasteiger partial charge in [0.15, 0.2) is 22.7 Å². The van der Waals surface area contributed by atoms with Crippen molar-refractivity contribution in [1.82, 2.24) is 0 Å². The molecule has 23 heavy (non-hydrogen) atoms. The van der Waals surface area contributed by atoms with E-state index < -0.39 is 45.4 Å². The van der Waals surface area contributed by atoms with Crippen LogP contribution >= 0.6 is 0 Å². The minimum Gasteiger partial charge on any atom is -0.504 e. The largest absolute Gasteiger partial charge is 0.504 e. The molecule has 0 saturated carbocycles. The Morgan fingerprint density at radius 2 is 1.04 bits per heavy atom. The molecule has 9 heteroatoms. The standard InChI is InChI=1S/C14H6O8.Cu/c15-5-1-3-7-8-4(14(20)22-11(7)9(5)17)2-6(16)10(18)12(8)21-13(3)19;/h1-2,15-18H;. The molecule has 0 unspecified atom stereocenters. The molecule has 0 atom stereocenters. The SMILES string of the molecule is O=c1oc2c(O)c(O)cc3c(=O)oc4c(O)c(O)cc1c4c23.[Cu]. The van der Waals surface area contributed by atoms with E-state index in [1.807, 2.05) is 0 Å². The van der Waals surface area contributed by atoms with Crippen LogP contribution in [0, 0.1) is 0 Å². The van der Waals surface area contributed by atoms with Gasteiger partial charge < -0.3 is 29.3 Å². The number of aromatic hydroxyl groups is 4. The minimum absolute atomic E-state index is 0. The number of phenolic OH excluding ortho intramolecular Hbond substituents is 4. The molecule has 0 bridgehead atoms. The molecule has 2 heterocycles. The fourth-order valence-electron chi connectivity index (χ4n) is 2.58. The van der Waals surface area contributed by atoms with Gasteiger partial charge in [0, 0.05) is 27.8 Å². The molecule has 0 saturated heterocycles. The Kier molecular flexibility index (Phi) is 2.97. The van der Waals surface area contributed by atoms with E-state index in [0.717, 1.165) is 12.1 Å². The second-order valence-electron chi connectivity index (χ2n) is 4.77. The average Bonchev–Trinajstić information content (AvgIpc) is 2.47. The van der Waals surface area contributed by atoms with Gasteiger partial charge in [-0.2, -0.15) is 0 Å². The average molecular weight is 366 g/mol. The van der Waals surface area contributed by atoms with Gasteiger partial charge in [0.05, 0.1) is 10.8 Å². The van der Waals surface area contributed by atoms with E-state index in [0.29, 0.717) is 0 Å². The summed E-state index contributed by atoms with van der Waals surface area (Å²) < 4.78 is 9.87. The molecule has 2 aromatic heterocycles. The summed E-state index contributed by atoms with van der Waals surface area (Å²) in [5.74, 6) is -2.75. The number of hydrogen-bond donors (Lipinski definition) is 4. The zero-order chi connectivity index (χ0) is 15.8. The third-order valence-corrected chi connectivity index (χ3v) is 3.55. The Bertz CT molecular complexity index is 1110. The molecule has 8 nitrogen and oxygen atoms in total. The zero-order valence-corrected chi connectivity index (χ0v) is 11.8. The first-order valence-electron chi connectivity index (χ1n) is 6.02. The van der Waals surface area contributed by atoms with Crippen LogP contribution in [0.2, 0.25) is 0 Å². The van der Waals surface area contributed by atoms with Gasteiger partial charge in [-0.25, -0.2) is 9.59 Å². The molecule has 0 amide bonds. The molecule has 2 aromatic carbocycles. The van der Waals surface area contributed by atoms with Crippen LogP contribution in [-0.2, 0) is 17.1 Å². The smallest absolute Gasteiger partial charge is 0.344 e. The number of rotatable bonds is 0. The Morgan fingerprint density at radius 3 is 1.39 bits per heavy atom. The Morgan fingerprint density at radius 1 is 0.696 bits per heavy atom. The van der Waals surface area contributed by atoms with Crippen molar-refractivity contribution in [2.24, 2.45) is 0 Å². The summed E-state index contributed by atoms with van der Waals surface area (Å²) in [4.78, 5) is 24.0. The minimum atomic E-state index is -0.941. The second-order valence-corrected chi connectivity index (χ2v) is 4.77. The fraction of sp³-hybridized carbons (Fsp3) is 0. The third kappa shape index (κ3) is 1.71. The maximum atomic E-state index is 12.0. The third-order valence-electron chi connectivity index (χ3n) is 3.55. The Balaban J connectivity index is 0.00000156. The molecular weight excluding hydrogens is 360 g/mol. The van der Waals surface area contributed by atoms with E-state index in [4.69, 9.17) is 8.83 Å². The van der Waals surface area contributed by atoms with E-state index in [1.165, 1.54) is 0 Å². The van der Waals surface area contributed by atoms with Crippen molar-refractivity contribution in [2.45, 2.75) is 0 Å². The van der Waals surface area contributed by atoms with Crippen LogP contribution in [0.25, 0.3) is 32.7 Å². The molecule has 0 aliphatic carbocycles. The van der Waals surface area contributed by atoms with Crippen molar-refractivity contribution in [3.8, 4) is 23.0 Å². The van der Waals surface area contributed by atoms with E-state index in [1.54, 1.807) is 0 Å². The Labute approximate surface area is 135 Å². The summed E-state index contributed by atoms with van der Waals surface area (Å²) in [6.45, 7) is 0. The predicted molar refractivity (Wildman–Crippen MR) is 73.9 cm³/mol. The van der Waals surface area contributed by atoms with Gasteiger partial charge in [0.2, 0.25) is 11.5 Å². The van der Waals surface area contributed by atoms with E-state index >= 15 is 0 Å². The normalized spacial score (nSPS) is 11.3. The summed E-state index contributed by atoms with van der Waals surface area (Å²) in [7, 11) is 0. The first-order chi connectivity index (χ1) is 10.4. The van der Waals surface area contributed by atoms with Crippen molar-refractivity contribution in [3.63, 3.8) is 0 Å². The van der Waals surface area contributed by atoms with Crippen molar-refractivity contribution in [3.05, 3.63) is 33.0 Å². The predicted octanol–water partition coefficient (Wildman–Crippen LogP) is 1.31.